The van der Waals surface area contributed by atoms with Crippen LogP contribution in [0.1, 0.15) is 59.2 Å². The van der Waals surface area contributed by atoms with Crippen LogP contribution in [0.15, 0.2) is 12.3 Å². The minimum atomic E-state index is 0.118. The lowest BCUT2D eigenvalue weighted by molar-refractivity contribution is 0.130. The highest BCUT2D eigenvalue weighted by Gasteiger charge is 2.25. The van der Waals surface area contributed by atoms with Crippen molar-refractivity contribution < 1.29 is 5.11 Å². The maximum absolute atomic E-state index is 9.50. The second kappa shape index (κ2) is 6.37. The van der Waals surface area contributed by atoms with Crippen LogP contribution >= 0.6 is 0 Å². The Morgan fingerprint density at radius 2 is 1.89 bits per heavy atom. The fourth-order valence-corrected chi connectivity index (χ4v) is 2.25. The quantitative estimate of drug-likeness (QED) is 0.842. The molecule has 1 rings (SSSR count). The zero-order chi connectivity index (χ0) is 13.8. The molecule has 1 atom stereocenters. The minimum absolute atomic E-state index is 0.118. The smallest absolute Gasteiger partial charge is 0.0628 e. The molecule has 3 nitrogen and oxygen atoms in total. The van der Waals surface area contributed by atoms with E-state index in [1.165, 1.54) is 0 Å². The van der Waals surface area contributed by atoms with Gasteiger partial charge in [0.05, 0.1) is 11.7 Å². The first kappa shape index (κ1) is 15.2. The third kappa shape index (κ3) is 3.84. The number of aromatic nitrogens is 2. The van der Waals surface area contributed by atoms with Gasteiger partial charge in [-0.25, -0.2) is 0 Å². The zero-order valence-electron chi connectivity index (χ0n) is 12.5. The van der Waals surface area contributed by atoms with Crippen LogP contribution in [0.4, 0.5) is 0 Å². The molecule has 0 spiro atoms. The van der Waals surface area contributed by atoms with Crippen molar-refractivity contribution in [1.29, 1.82) is 0 Å². The highest BCUT2D eigenvalue weighted by atomic mass is 16.3. The number of rotatable bonds is 6. The molecule has 0 saturated carbocycles. The van der Waals surface area contributed by atoms with E-state index in [1.54, 1.807) is 0 Å². The third-order valence-corrected chi connectivity index (χ3v) is 3.88. The molecular formula is C15H28N2O. The fourth-order valence-electron chi connectivity index (χ4n) is 2.25. The van der Waals surface area contributed by atoms with Crippen LogP contribution in [0.2, 0.25) is 0 Å². The summed E-state index contributed by atoms with van der Waals surface area (Å²) in [6.07, 6.45) is 5.15. The molecule has 0 amide bonds. The number of hydrogen-bond acceptors (Lipinski definition) is 2. The maximum atomic E-state index is 9.50. The Bertz CT molecular complexity index is 348. The van der Waals surface area contributed by atoms with Crippen molar-refractivity contribution in [3.05, 3.63) is 18.0 Å². The summed E-state index contributed by atoms with van der Waals surface area (Å²) in [5, 5.41) is 14.2. The predicted octanol–water partition coefficient (Wildman–Crippen LogP) is 3.44. The van der Waals surface area contributed by atoms with Crippen molar-refractivity contribution in [1.82, 2.24) is 9.78 Å². The SMILES string of the molecule is CCC(CC)n1ccc(CC(CO)C(C)(C)C)n1. The molecule has 0 aliphatic carbocycles. The summed E-state index contributed by atoms with van der Waals surface area (Å²) >= 11 is 0. The second-order valence-corrected chi connectivity index (χ2v) is 6.21. The van der Waals surface area contributed by atoms with Crippen molar-refractivity contribution in [2.75, 3.05) is 6.61 Å². The molecule has 0 saturated heterocycles. The van der Waals surface area contributed by atoms with E-state index in [4.69, 9.17) is 0 Å². The first-order valence-electron chi connectivity index (χ1n) is 7.07. The van der Waals surface area contributed by atoms with Crippen LogP contribution in [0.3, 0.4) is 0 Å². The van der Waals surface area contributed by atoms with E-state index < -0.39 is 0 Å². The van der Waals surface area contributed by atoms with Crippen molar-refractivity contribution >= 4 is 0 Å². The van der Waals surface area contributed by atoms with Crippen LogP contribution in [-0.2, 0) is 6.42 Å². The van der Waals surface area contributed by atoms with E-state index in [2.05, 4.69) is 56.7 Å². The Hall–Kier alpha value is -0.830. The zero-order valence-corrected chi connectivity index (χ0v) is 12.5. The van der Waals surface area contributed by atoms with Crippen molar-refractivity contribution in [3.8, 4) is 0 Å². The summed E-state index contributed by atoms with van der Waals surface area (Å²) < 4.78 is 2.08. The summed E-state index contributed by atoms with van der Waals surface area (Å²) in [5.41, 5.74) is 1.21. The Morgan fingerprint density at radius 3 is 2.33 bits per heavy atom. The lowest BCUT2D eigenvalue weighted by Gasteiger charge is -2.28. The van der Waals surface area contributed by atoms with Gasteiger partial charge in [-0.1, -0.05) is 34.6 Å². The molecule has 0 radical (unpaired) electrons. The Kier molecular flexibility index (Phi) is 5.39. The lowest BCUT2D eigenvalue weighted by atomic mass is 9.79. The van der Waals surface area contributed by atoms with E-state index in [-0.39, 0.29) is 17.9 Å². The van der Waals surface area contributed by atoms with Gasteiger partial charge in [0.2, 0.25) is 0 Å². The highest BCUT2D eigenvalue weighted by Crippen LogP contribution is 2.28. The predicted molar refractivity (Wildman–Crippen MR) is 75.6 cm³/mol. The summed E-state index contributed by atoms with van der Waals surface area (Å²) in [4.78, 5) is 0. The van der Waals surface area contributed by atoms with Gasteiger partial charge in [0.25, 0.3) is 0 Å². The van der Waals surface area contributed by atoms with Crippen LogP contribution in [0.25, 0.3) is 0 Å². The third-order valence-electron chi connectivity index (χ3n) is 3.88. The van der Waals surface area contributed by atoms with Crippen LogP contribution in [0, 0.1) is 11.3 Å². The van der Waals surface area contributed by atoms with E-state index >= 15 is 0 Å². The maximum Gasteiger partial charge on any atom is 0.0628 e. The Morgan fingerprint density at radius 1 is 1.28 bits per heavy atom. The van der Waals surface area contributed by atoms with Crippen LogP contribution < -0.4 is 0 Å². The fraction of sp³-hybridized carbons (Fsp3) is 0.800. The average molecular weight is 252 g/mol. The van der Waals surface area contributed by atoms with E-state index in [0.29, 0.717) is 6.04 Å². The standard InChI is InChI=1S/C15H28N2O/c1-6-14(7-2)17-9-8-13(16-17)10-12(11-18)15(3,4)5/h8-9,12,14,18H,6-7,10-11H2,1-5H3. The van der Waals surface area contributed by atoms with Gasteiger partial charge in [-0.3, -0.25) is 4.68 Å². The molecule has 0 aliphatic rings. The second-order valence-electron chi connectivity index (χ2n) is 6.21. The number of nitrogens with zero attached hydrogens (tertiary/aromatic N) is 2. The minimum Gasteiger partial charge on any atom is -0.396 e. The molecule has 0 fully saturated rings. The van der Waals surface area contributed by atoms with Gasteiger partial charge in [-0.2, -0.15) is 5.10 Å². The van der Waals surface area contributed by atoms with Gasteiger partial charge in [0.15, 0.2) is 0 Å². The molecule has 1 heterocycles. The largest absolute Gasteiger partial charge is 0.396 e. The molecule has 18 heavy (non-hydrogen) atoms. The van der Waals surface area contributed by atoms with E-state index in [0.717, 1.165) is 25.0 Å². The summed E-state index contributed by atoms with van der Waals surface area (Å²) in [5.74, 6) is 0.266. The first-order chi connectivity index (χ1) is 8.42. The molecular weight excluding hydrogens is 224 g/mol. The molecule has 3 heteroatoms. The van der Waals surface area contributed by atoms with Crippen molar-refractivity contribution in [2.45, 2.75) is 59.9 Å². The Labute approximate surface area is 111 Å². The van der Waals surface area contributed by atoms with E-state index in [1.807, 2.05) is 0 Å². The number of aliphatic hydroxyl groups excluding tert-OH is 1. The van der Waals surface area contributed by atoms with E-state index in [9.17, 15) is 5.11 Å². The van der Waals surface area contributed by atoms with Gasteiger partial charge in [-0.05, 0) is 36.7 Å². The first-order valence-corrected chi connectivity index (χ1v) is 7.07. The molecule has 1 unspecified atom stereocenters. The van der Waals surface area contributed by atoms with Crippen LogP contribution in [-0.4, -0.2) is 21.5 Å². The molecule has 1 aromatic rings. The Balaban J connectivity index is 2.74. The summed E-state index contributed by atoms with van der Waals surface area (Å²) in [6, 6.07) is 2.59. The summed E-state index contributed by atoms with van der Waals surface area (Å²) in [6.45, 7) is 11.1. The van der Waals surface area contributed by atoms with Gasteiger partial charge in [-0.15, -0.1) is 0 Å². The van der Waals surface area contributed by atoms with Gasteiger partial charge < -0.3 is 5.11 Å². The van der Waals surface area contributed by atoms with Gasteiger partial charge in [0, 0.05) is 12.8 Å². The monoisotopic (exact) mass is 252 g/mol. The molecule has 1 aromatic heterocycles. The number of hydrogen-bond donors (Lipinski definition) is 1. The van der Waals surface area contributed by atoms with Crippen molar-refractivity contribution in [2.24, 2.45) is 11.3 Å². The summed E-state index contributed by atoms with van der Waals surface area (Å²) in [7, 11) is 0. The molecule has 1 N–H and O–H groups in total. The molecule has 0 bridgehead atoms. The average Bonchev–Trinajstić information content (AvgIpc) is 2.74. The number of aliphatic hydroxyl groups is 1. The lowest BCUT2D eigenvalue weighted by Crippen LogP contribution is -2.26. The van der Waals surface area contributed by atoms with Crippen molar-refractivity contribution in [3.63, 3.8) is 0 Å². The highest BCUT2D eigenvalue weighted by molar-refractivity contribution is 5.02. The van der Waals surface area contributed by atoms with Crippen LogP contribution in [0.5, 0.6) is 0 Å². The molecule has 104 valence electrons. The molecule has 0 aliphatic heterocycles. The topological polar surface area (TPSA) is 38.0 Å². The molecule has 0 aromatic carbocycles. The van der Waals surface area contributed by atoms with Gasteiger partial charge >= 0.3 is 0 Å². The van der Waals surface area contributed by atoms with Gasteiger partial charge in [0.1, 0.15) is 0 Å². The normalized spacial score (nSPS) is 14.2.